The van der Waals surface area contributed by atoms with Gasteiger partial charge in [-0.3, -0.25) is 14.5 Å². The summed E-state index contributed by atoms with van der Waals surface area (Å²) in [5, 5.41) is 0. The lowest BCUT2D eigenvalue weighted by Crippen LogP contribution is -2.35. The minimum atomic E-state index is -3.67. The zero-order valence-electron chi connectivity index (χ0n) is 14.6. The summed E-state index contributed by atoms with van der Waals surface area (Å²) in [4.78, 5) is 25.0. The third-order valence-corrected chi connectivity index (χ3v) is 6.77. The van der Waals surface area contributed by atoms with E-state index in [0.29, 0.717) is 32.8 Å². The second-order valence-electron chi connectivity index (χ2n) is 6.73. The SMILES string of the molecule is CCOC(=O)CN1CC2CN(S(=O)(=O)c3cccc(C(N)=O)c3)CC2C1. The molecule has 142 valence electrons. The first kappa shape index (κ1) is 18.8. The Morgan fingerprint density at radius 1 is 1.19 bits per heavy atom. The van der Waals surface area contributed by atoms with Gasteiger partial charge in [-0.05, 0) is 37.0 Å². The van der Waals surface area contributed by atoms with Crippen LogP contribution in [0.15, 0.2) is 29.2 Å². The number of nitrogens with two attached hydrogens (primary N) is 1. The summed E-state index contributed by atoms with van der Waals surface area (Å²) in [6.45, 7) is 4.55. The molecule has 2 fully saturated rings. The Morgan fingerprint density at radius 3 is 2.42 bits per heavy atom. The van der Waals surface area contributed by atoms with Gasteiger partial charge in [-0.15, -0.1) is 0 Å². The number of hydrogen-bond donors (Lipinski definition) is 1. The fourth-order valence-electron chi connectivity index (χ4n) is 3.72. The highest BCUT2D eigenvalue weighted by molar-refractivity contribution is 7.89. The maximum atomic E-state index is 12.9. The number of primary amides is 1. The lowest BCUT2D eigenvalue weighted by Gasteiger charge is -2.21. The highest BCUT2D eigenvalue weighted by Gasteiger charge is 2.44. The number of sulfonamides is 1. The van der Waals surface area contributed by atoms with Crippen molar-refractivity contribution in [3.05, 3.63) is 29.8 Å². The molecule has 1 aromatic carbocycles. The molecule has 2 saturated heterocycles. The standard InChI is InChI=1S/C17H23N3O5S/c1-2-25-16(21)11-19-7-13-9-20(10-14(13)8-19)26(23,24)15-5-3-4-12(6-15)17(18)22/h3-6,13-14H,2,7-11H2,1H3,(H2,18,22). The average Bonchev–Trinajstić information content (AvgIpc) is 3.14. The van der Waals surface area contributed by atoms with Crippen molar-refractivity contribution < 1.29 is 22.7 Å². The quantitative estimate of drug-likeness (QED) is 0.689. The Labute approximate surface area is 152 Å². The molecule has 26 heavy (non-hydrogen) atoms. The van der Waals surface area contributed by atoms with Gasteiger partial charge in [-0.2, -0.15) is 4.31 Å². The van der Waals surface area contributed by atoms with Crippen molar-refractivity contribution in [2.45, 2.75) is 11.8 Å². The van der Waals surface area contributed by atoms with Crippen LogP contribution in [-0.2, 0) is 19.6 Å². The molecule has 0 aliphatic carbocycles. The van der Waals surface area contributed by atoms with Crippen LogP contribution >= 0.6 is 0 Å². The summed E-state index contributed by atoms with van der Waals surface area (Å²) >= 11 is 0. The lowest BCUT2D eigenvalue weighted by atomic mass is 10.0. The molecule has 3 rings (SSSR count). The predicted octanol–water partition coefficient (Wildman–Crippen LogP) is -0.0991. The fourth-order valence-corrected chi connectivity index (χ4v) is 5.32. The van der Waals surface area contributed by atoms with Crippen molar-refractivity contribution in [3.63, 3.8) is 0 Å². The molecule has 2 aliphatic heterocycles. The van der Waals surface area contributed by atoms with E-state index in [1.54, 1.807) is 6.92 Å². The molecule has 0 saturated carbocycles. The average molecular weight is 381 g/mol. The van der Waals surface area contributed by atoms with E-state index in [1.807, 2.05) is 4.90 Å². The number of nitrogens with zero attached hydrogens (tertiary/aromatic N) is 2. The van der Waals surface area contributed by atoms with Gasteiger partial charge in [0.1, 0.15) is 0 Å². The smallest absolute Gasteiger partial charge is 0.320 e. The van der Waals surface area contributed by atoms with E-state index in [4.69, 9.17) is 10.5 Å². The van der Waals surface area contributed by atoms with Gasteiger partial charge in [0.25, 0.3) is 0 Å². The number of fused-ring (bicyclic) bond motifs is 1. The number of esters is 1. The van der Waals surface area contributed by atoms with Crippen LogP contribution in [0, 0.1) is 11.8 Å². The molecular weight excluding hydrogens is 358 g/mol. The number of hydrogen-bond acceptors (Lipinski definition) is 6. The van der Waals surface area contributed by atoms with Gasteiger partial charge in [0.05, 0.1) is 18.0 Å². The van der Waals surface area contributed by atoms with Gasteiger partial charge < -0.3 is 10.5 Å². The van der Waals surface area contributed by atoms with Crippen molar-refractivity contribution in [2.75, 3.05) is 39.3 Å². The van der Waals surface area contributed by atoms with Gasteiger partial charge in [-0.25, -0.2) is 8.42 Å². The van der Waals surface area contributed by atoms with E-state index in [9.17, 15) is 18.0 Å². The zero-order valence-corrected chi connectivity index (χ0v) is 15.4. The lowest BCUT2D eigenvalue weighted by molar-refractivity contribution is -0.144. The third kappa shape index (κ3) is 3.74. The number of likely N-dealkylation sites (tertiary alicyclic amines) is 1. The third-order valence-electron chi connectivity index (χ3n) is 4.94. The molecule has 1 aromatic rings. The van der Waals surface area contributed by atoms with Crippen molar-refractivity contribution in [2.24, 2.45) is 17.6 Å². The molecule has 2 heterocycles. The molecule has 0 bridgehead atoms. The Bertz CT molecular complexity index is 796. The van der Waals surface area contributed by atoms with Crippen molar-refractivity contribution >= 4 is 21.9 Å². The Hall–Kier alpha value is -1.97. The Morgan fingerprint density at radius 2 is 1.85 bits per heavy atom. The molecule has 9 heteroatoms. The molecule has 0 spiro atoms. The first-order chi connectivity index (χ1) is 12.3. The van der Waals surface area contributed by atoms with Gasteiger partial charge in [0.15, 0.2) is 0 Å². The molecule has 0 aromatic heterocycles. The molecule has 0 radical (unpaired) electrons. The van der Waals surface area contributed by atoms with Crippen molar-refractivity contribution in [1.82, 2.24) is 9.21 Å². The number of benzene rings is 1. The maximum Gasteiger partial charge on any atom is 0.320 e. The summed E-state index contributed by atoms with van der Waals surface area (Å²) in [5.41, 5.74) is 5.41. The monoisotopic (exact) mass is 381 g/mol. The number of rotatable bonds is 6. The second-order valence-corrected chi connectivity index (χ2v) is 8.67. The van der Waals surface area contributed by atoms with Crippen LogP contribution in [0.1, 0.15) is 17.3 Å². The topological polar surface area (TPSA) is 110 Å². The molecule has 1 amide bonds. The molecule has 2 N–H and O–H groups in total. The van der Waals surface area contributed by atoms with Gasteiger partial charge in [-0.1, -0.05) is 6.07 Å². The van der Waals surface area contributed by atoms with Crippen LogP contribution in [0.2, 0.25) is 0 Å². The zero-order chi connectivity index (χ0) is 18.9. The van der Waals surface area contributed by atoms with Crippen LogP contribution in [0.3, 0.4) is 0 Å². The Balaban J connectivity index is 1.66. The molecular formula is C17H23N3O5S. The fraction of sp³-hybridized carbons (Fsp3) is 0.529. The predicted molar refractivity (Wildman–Crippen MR) is 93.8 cm³/mol. The van der Waals surface area contributed by atoms with Gasteiger partial charge >= 0.3 is 5.97 Å². The minimum absolute atomic E-state index is 0.0807. The summed E-state index contributed by atoms with van der Waals surface area (Å²) < 4.78 is 32.2. The van der Waals surface area contributed by atoms with Gasteiger partial charge in [0.2, 0.25) is 15.9 Å². The van der Waals surface area contributed by atoms with E-state index >= 15 is 0 Å². The summed E-state index contributed by atoms with van der Waals surface area (Å²) in [6, 6.07) is 5.81. The Kier molecular flexibility index (Phi) is 5.31. The molecule has 2 unspecified atom stereocenters. The largest absolute Gasteiger partial charge is 0.465 e. The van der Waals surface area contributed by atoms with Crippen LogP contribution in [0.4, 0.5) is 0 Å². The van der Waals surface area contributed by atoms with Crippen LogP contribution in [-0.4, -0.2) is 68.8 Å². The normalized spacial score (nSPS) is 23.7. The van der Waals surface area contributed by atoms with E-state index in [0.717, 1.165) is 0 Å². The maximum absolute atomic E-state index is 12.9. The molecule has 2 atom stereocenters. The number of amides is 1. The summed E-state index contributed by atoms with van der Waals surface area (Å²) in [5.74, 6) is -0.521. The first-order valence-electron chi connectivity index (χ1n) is 8.59. The second kappa shape index (κ2) is 7.34. The number of carbonyl (C=O) groups is 2. The van der Waals surface area contributed by atoms with E-state index in [2.05, 4.69) is 0 Å². The van der Waals surface area contributed by atoms with Crippen LogP contribution in [0.5, 0.6) is 0 Å². The first-order valence-corrected chi connectivity index (χ1v) is 10.0. The number of carbonyl (C=O) groups excluding carboxylic acids is 2. The molecule has 8 nitrogen and oxygen atoms in total. The van der Waals surface area contributed by atoms with Crippen molar-refractivity contribution in [3.8, 4) is 0 Å². The minimum Gasteiger partial charge on any atom is -0.465 e. The van der Waals surface area contributed by atoms with E-state index in [1.165, 1.54) is 28.6 Å². The van der Waals surface area contributed by atoms with Gasteiger partial charge in [0, 0.05) is 31.7 Å². The van der Waals surface area contributed by atoms with E-state index in [-0.39, 0.29) is 34.8 Å². The molecule has 2 aliphatic rings. The van der Waals surface area contributed by atoms with E-state index < -0.39 is 15.9 Å². The van der Waals surface area contributed by atoms with Crippen LogP contribution < -0.4 is 5.73 Å². The van der Waals surface area contributed by atoms with Crippen LogP contribution in [0.25, 0.3) is 0 Å². The number of ether oxygens (including phenoxy) is 1. The highest BCUT2D eigenvalue weighted by atomic mass is 32.2. The summed E-state index contributed by atoms with van der Waals surface area (Å²) in [7, 11) is -3.67. The summed E-state index contributed by atoms with van der Waals surface area (Å²) in [6.07, 6.45) is 0. The highest BCUT2D eigenvalue weighted by Crippen LogP contribution is 2.34. The van der Waals surface area contributed by atoms with Crippen molar-refractivity contribution in [1.29, 1.82) is 0 Å².